The first-order valence-corrected chi connectivity index (χ1v) is 11.9. The second-order valence-corrected chi connectivity index (χ2v) is 8.83. The van der Waals surface area contributed by atoms with E-state index in [1.54, 1.807) is 14.2 Å². The van der Waals surface area contributed by atoms with Gasteiger partial charge in [-0.05, 0) is 59.7 Å². The predicted molar refractivity (Wildman–Crippen MR) is 131 cm³/mol. The molecule has 0 fully saturated rings. The van der Waals surface area contributed by atoms with Crippen molar-refractivity contribution in [2.45, 2.75) is 37.5 Å². The van der Waals surface area contributed by atoms with E-state index in [0.717, 1.165) is 22.8 Å². The molecule has 3 aromatic rings. The lowest BCUT2D eigenvalue weighted by Crippen LogP contribution is -2.42. The Balaban J connectivity index is 1.73. The van der Waals surface area contributed by atoms with Crippen molar-refractivity contribution in [2.75, 3.05) is 27.9 Å². The van der Waals surface area contributed by atoms with Gasteiger partial charge in [-0.15, -0.1) is 0 Å². The van der Waals surface area contributed by atoms with E-state index in [2.05, 4.69) is 9.88 Å². The summed E-state index contributed by atoms with van der Waals surface area (Å²) in [6, 6.07) is 14.9. The van der Waals surface area contributed by atoms with Crippen molar-refractivity contribution in [3.05, 3.63) is 88.7 Å². The molecule has 0 spiro atoms. The molecule has 2 heterocycles. The first kappa shape index (κ1) is 26.5. The summed E-state index contributed by atoms with van der Waals surface area (Å²) in [5.41, 5.74) is 2.61. The topological polar surface area (TPSA) is 60.9 Å². The van der Waals surface area contributed by atoms with Crippen LogP contribution in [0.3, 0.4) is 0 Å². The number of rotatable bonds is 8. The molecular weight excluding hydrogens is 485 g/mol. The summed E-state index contributed by atoms with van der Waals surface area (Å²) < 4.78 is 55.2. The van der Waals surface area contributed by atoms with E-state index >= 15 is 0 Å². The SMILES string of the molecule is COC(=O)C(c1ccccc1)N1CCc2cc(OC)c(OC)cc2C1CCc1ccc(C(F)(F)F)nc1. The summed E-state index contributed by atoms with van der Waals surface area (Å²) in [5.74, 6) is 0.808. The summed E-state index contributed by atoms with van der Waals surface area (Å²) in [7, 11) is 4.51. The van der Waals surface area contributed by atoms with Crippen LogP contribution in [0.1, 0.15) is 46.5 Å². The number of ether oxygens (including phenoxy) is 3. The average molecular weight is 515 g/mol. The molecule has 37 heavy (non-hydrogen) atoms. The van der Waals surface area contributed by atoms with Gasteiger partial charge in [-0.1, -0.05) is 36.4 Å². The van der Waals surface area contributed by atoms with E-state index in [9.17, 15) is 18.0 Å². The van der Waals surface area contributed by atoms with Gasteiger partial charge in [0, 0.05) is 18.8 Å². The molecule has 0 radical (unpaired) electrons. The van der Waals surface area contributed by atoms with Crippen LogP contribution >= 0.6 is 0 Å². The third-order valence-electron chi connectivity index (χ3n) is 6.74. The van der Waals surface area contributed by atoms with Crippen LogP contribution in [0, 0.1) is 0 Å². The van der Waals surface area contributed by atoms with Crippen LogP contribution in [0.15, 0.2) is 60.8 Å². The maximum absolute atomic E-state index is 13.1. The van der Waals surface area contributed by atoms with Crippen LogP contribution in [0.4, 0.5) is 13.2 Å². The molecule has 6 nitrogen and oxygen atoms in total. The van der Waals surface area contributed by atoms with Crippen molar-refractivity contribution in [3.8, 4) is 11.5 Å². The van der Waals surface area contributed by atoms with Gasteiger partial charge in [0.25, 0.3) is 0 Å². The van der Waals surface area contributed by atoms with Crippen molar-refractivity contribution < 1.29 is 32.2 Å². The highest BCUT2D eigenvalue weighted by Crippen LogP contribution is 2.43. The number of nitrogens with zero attached hydrogens (tertiary/aromatic N) is 2. The van der Waals surface area contributed by atoms with Crippen molar-refractivity contribution in [3.63, 3.8) is 0 Å². The molecule has 1 aliphatic rings. The number of methoxy groups -OCH3 is 3. The van der Waals surface area contributed by atoms with Crippen molar-refractivity contribution >= 4 is 5.97 Å². The molecule has 4 rings (SSSR count). The third-order valence-corrected chi connectivity index (χ3v) is 6.74. The molecule has 0 aliphatic carbocycles. The fourth-order valence-electron chi connectivity index (χ4n) is 4.93. The monoisotopic (exact) mass is 514 g/mol. The molecule has 0 bridgehead atoms. The lowest BCUT2D eigenvalue weighted by atomic mass is 9.86. The number of aryl methyl sites for hydroxylation is 1. The van der Waals surface area contributed by atoms with Crippen LogP contribution in [0.2, 0.25) is 0 Å². The second-order valence-electron chi connectivity index (χ2n) is 8.83. The van der Waals surface area contributed by atoms with Crippen LogP contribution < -0.4 is 9.47 Å². The fraction of sp³-hybridized carbons (Fsp3) is 0.357. The fourth-order valence-corrected chi connectivity index (χ4v) is 4.93. The predicted octanol–water partition coefficient (Wildman–Crippen LogP) is 5.56. The molecule has 0 saturated carbocycles. The third kappa shape index (κ3) is 5.72. The molecule has 2 unspecified atom stereocenters. The molecule has 0 N–H and O–H groups in total. The zero-order valence-corrected chi connectivity index (χ0v) is 20.9. The Kier molecular flexibility index (Phi) is 8.02. The number of carbonyl (C=O) groups is 1. The van der Waals surface area contributed by atoms with Crippen LogP contribution in [-0.2, 0) is 28.5 Å². The van der Waals surface area contributed by atoms with E-state index in [0.29, 0.717) is 42.9 Å². The Morgan fingerprint density at radius 1 is 1.05 bits per heavy atom. The van der Waals surface area contributed by atoms with E-state index in [4.69, 9.17) is 14.2 Å². The molecule has 2 aromatic carbocycles. The Bertz CT molecular complexity index is 1220. The zero-order chi connectivity index (χ0) is 26.6. The number of hydrogen-bond donors (Lipinski definition) is 0. The van der Waals surface area contributed by atoms with E-state index in [1.807, 2.05) is 42.5 Å². The van der Waals surface area contributed by atoms with E-state index in [1.165, 1.54) is 19.4 Å². The van der Waals surface area contributed by atoms with E-state index in [-0.39, 0.29) is 12.0 Å². The summed E-state index contributed by atoms with van der Waals surface area (Å²) in [6.07, 6.45) is -1.55. The average Bonchev–Trinajstić information content (AvgIpc) is 2.91. The summed E-state index contributed by atoms with van der Waals surface area (Å²) in [6.45, 7) is 0.576. The van der Waals surface area contributed by atoms with Crippen molar-refractivity contribution in [1.82, 2.24) is 9.88 Å². The van der Waals surface area contributed by atoms with Crippen molar-refractivity contribution in [1.29, 1.82) is 0 Å². The molecule has 1 aromatic heterocycles. The number of hydrogen-bond acceptors (Lipinski definition) is 6. The smallest absolute Gasteiger partial charge is 0.433 e. The number of benzene rings is 2. The second kappa shape index (κ2) is 11.2. The zero-order valence-electron chi connectivity index (χ0n) is 20.9. The molecule has 0 saturated heterocycles. The maximum Gasteiger partial charge on any atom is 0.433 e. The number of pyridine rings is 1. The van der Waals surface area contributed by atoms with Gasteiger partial charge in [0.2, 0.25) is 0 Å². The Hall–Kier alpha value is -3.59. The van der Waals surface area contributed by atoms with Gasteiger partial charge < -0.3 is 14.2 Å². The lowest BCUT2D eigenvalue weighted by Gasteiger charge is -2.41. The minimum Gasteiger partial charge on any atom is -0.493 e. The Labute approximate surface area is 214 Å². The first-order chi connectivity index (χ1) is 17.8. The van der Waals surface area contributed by atoms with Gasteiger partial charge in [-0.3, -0.25) is 9.88 Å². The number of esters is 1. The summed E-state index contributed by atoms with van der Waals surface area (Å²) in [4.78, 5) is 18.8. The van der Waals surface area contributed by atoms with E-state index < -0.39 is 17.9 Å². The highest BCUT2D eigenvalue weighted by Gasteiger charge is 2.38. The van der Waals surface area contributed by atoms with Gasteiger partial charge in [0.05, 0.1) is 21.3 Å². The number of halogens is 3. The van der Waals surface area contributed by atoms with Crippen LogP contribution in [0.5, 0.6) is 11.5 Å². The highest BCUT2D eigenvalue weighted by atomic mass is 19.4. The summed E-state index contributed by atoms with van der Waals surface area (Å²) >= 11 is 0. The Morgan fingerprint density at radius 2 is 1.76 bits per heavy atom. The standard InChI is InChI=1S/C28H29F3N2O4/c1-35-23-15-20-13-14-33(26(27(34)37-3)19-7-5-4-6-8-19)22(21(20)16-24(23)36-2)11-9-18-10-12-25(32-17-18)28(29,30)31/h4-8,10,12,15-17,22,26H,9,11,13-14H2,1-3H3. The quantitative estimate of drug-likeness (QED) is 0.367. The number of aromatic nitrogens is 1. The normalized spacial score (nSPS) is 16.5. The highest BCUT2D eigenvalue weighted by molar-refractivity contribution is 5.77. The largest absolute Gasteiger partial charge is 0.493 e. The molecule has 9 heteroatoms. The molecular formula is C28H29F3N2O4. The minimum absolute atomic E-state index is 0.241. The summed E-state index contributed by atoms with van der Waals surface area (Å²) in [5, 5.41) is 0. The number of fused-ring (bicyclic) bond motifs is 1. The van der Waals surface area contributed by atoms with Crippen LogP contribution in [0.25, 0.3) is 0 Å². The van der Waals surface area contributed by atoms with Gasteiger partial charge in [0.15, 0.2) is 11.5 Å². The number of alkyl halides is 3. The Morgan fingerprint density at radius 3 is 2.35 bits per heavy atom. The van der Waals surface area contributed by atoms with Crippen LogP contribution in [-0.4, -0.2) is 43.7 Å². The molecule has 0 amide bonds. The van der Waals surface area contributed by atoms with Gasteiger partial charge in [0.1, 0.15) is 11.7 Å². The maximum atomic E-state index is 13.1. The lowest BCUT2D eigenvalue weighted by molar-refractivity contribution is -0.149. The molecule has 196 valence electrons. The molecule has 1 aliphatic heterocycles. The minimum atomic E-state index is -4.49. The van der Waals surface area contributed by atoms with Gasteiger partial charge in [-0.2, -0.15) is 13.2 Å². The first-order valence-electron chi connectivity index (χ1n) is 11.9. The number of carbonyl (C=O) groups excluding carboxylic acids is 1. The molecule has 2 atom stereocenters. The van der Waals surface area contributed by atoms with Crippen molar-refractivity contribution in [2.24, 2.45) is 0 Å². The van der Waals surface area contributed by atoms with Gasteiger partial charge in [-0.25, -0.2) is 4.79 Å². The van der Waals surface area contributed by atoms with Gasteiger partial charge >= 0.3 is 12.1 Å².